The Morgan fingerprint density at radius 2 is 0.930 bits per heavy atom. The molecule has 0 aromatic heterocycles. The molecule has 0 aliphatic rings. The van der Waals surface area contributed by atoms with Crippen molar-refractivity contribution in [3.63, 3.8) is 0 Å². The molecule has 0 saturated carbocycles. The minimum atomic E-state index is -0.807. The molecule has 3 nitrogen and oxygen atoms in total. The van der Waals surface area contributed by atoms with Gasteiger partial charge in [-0.1, -0.05) is 188 Å². The van der Waals surface area contributed by atoms with E-state index in [2.05, 4.69) is 86.6 Å². The lowest BCUT2D eigenvalue weighted by atomic mass is 9.80. The summed E-state index contributed by atoms with van der Waals surface area (Å²) >= 11 is 0. The summed E-state index contributed by atoms with van der Waals surface area (Å²) in [6.07, 6.45) is 19.8. The highest BCUT2D eigenvalue weighted by Gasteiger charge is 2.38. The van der Waals surface area contributed by atoms with E-state index in [1.54, 1.807) is 0 Å². The first-order valence-electron chi connectivity index (χ1n) is 17.3. The van der Waals surface area contributed by atoms with E-state index in [4.69, 9.17) is 9.47 Å². The first kappa shape index (κ1) is 35.0. The molecule has 3 heteroatoms. The van der Waals surface area contributed by atoms with Gasteiger partial charge >= 0.3 is 0 Å². The van der Waals surface area contributed by atoms with E-state index < -0.39 is 11.7 Å². The molecular formula is C40H58O3. The number of hydrogen-bond donors (Lipinski definition) is 1. The number of rotatable bonds is 24. The second-order valence-corrected chi connectivity index (χ2v) is 12.2. The number of benzene rings is 3. The maximum absolute atomic E-state index is 10.3. The molecular weight excluding hydrogens is 528 g/mol. The van der Waals surface area contributed by atoms with Gasteiger partial charge in [-0.3, -0.25) is 0 Å². The third kappa shape index (κ3) is 12.2. The number of aliphatic hydroxyl groups excluding tert-OH is 1. The van der Waals surface area contributed by atoms with Crippen LogP contribution in [0.4, 0.5) is 0 Å². The molecule has 236 valence electrons. The Labute approximate surface area is 263 Å². The lowest BCUT2D eigenvalue weighted by Gasteiger charge is -2.37. The minimum Gasteiger partial charge on any atom is -0.394 e. The van der Waals surface area contributed by atoms with Crippen LogP contribution in [0.1, 0.15) is 127 Å². The number of aliphatic hydroxyl groups is 1. The average Bonchev–Trinajstić information content (AvgIpc) is 3.06. The molecule has 2 unspecified atom stereocenters. The summed E-state index contributed by atoms with van der Waals surface area (Å²) in [6, 6.07) is 31.1. The smallest absolute Gasteiger partial charge is 0.143 e. The monoisotopic (exact) mass is 586 g/mol. The van der Waals surface area contributed by atoms with E-state index in [1.807, 2.05) is 18.2 Å². The molecule has 0 aliphatic heterocycles. The fraction of sp³-hybridized carbons (Fsp3) is 0.550. The molecule has 3 aromatic rings. The zero-order valence-corrected chi connectivity index (χ0v) is 27.1. The molecule has 0 saturated heterocycles. The van der Waals surface area contributed by atoms with Crippen LogP contribution in [-0.2, 0) is 15.1 Å². The van der Waals surface area contributed by atoms with Crippen molar-refractivity contribution in [3.05, 3.63) is 108 Å². The van der Waals surface area contributed by atoms with E-state index in [0.717, 1.165) is 23.1 Å². The van der Waals surface area contributed by atoms with Gasteiger partial charge in [0.25, 0.3) is 0 Å². The van der Waals surface area contributed by atoms with Crippen LogP contribution in [-0.4, -0.2) is 30.5 Å². The predicted molar refractivity (Wildman–Crippen MR) is 182 cm³/mol. The van der Waals surface area contributed by atoms with Crippen molar-refractivity contribution in [1.29, 1.82) is 0 Å². The van der Waals surface area contributed by atoms with Crippen molar-refractivity contribution in [2.24, 2.45) is 0 Å². The molecule has 2 atom stereocenters. The van der Waals surface area contributed by atoms with Gasteiger partial charge in [-0.25, -0.2) is 0 Å². The van der Waals surface area contributed by atoms with Gasteiger partial charge in [0.1, 0.15) is 11.7 Å². The van der Waals surface area contributed by atoms with Crippen LogP contribution in [0, 0.1) is 0 Å². The summed E-state index contributed by atoms with van der Waals surface area (Å²) in [7, 11) is 0. The SMILES string of the molecule is CCCCCCCCCCCCCCCCC(C)OC(CO)COC(c1ccccc1)(c1ccccc1)c1ccccc1. The third-order valence-electron chi connectivity index (χ3n) is 8.62. The number of ether oxygens (including phenoxy) is 2. The number of hydrogen-bond acceptors (Lipinski definition) is 3. The number of unbranched alkanes of at least 4 members (excludes halogenated alkanes) is 13. The van der Waals surface area contributed by atoms with Gasteiger partial charge in [0, 0.05) is 0 Å². The lowest BCUT2D eigenvalue weighted by molar-refractivity contribution is -0.103. The Morgan fingerprint density at radius 1 is 0.558 bits per heavy atom. The van der Waals surface area contributed by atoms with Crippen molar-refractivity contribution in [3.8, 4) is 0 Å². The van der Waals surface area contributed by atoms with Gasteiger partial charge in [-0.2, -0.15) is 0 Å². The predicted octanol–water partition coefficient (Wildman–Crippen LogP) is 10.6. The van der Waals surface area contributed by atoms with Crippen molar-refractivity contribution in [2.75, 3.05) is 13.2 Å². The molecule has 3 aromatic carbocycles. The average molecular weight is 587 g/mol. The van der Waals surface area contributed by atoms with Gasteiger partial charge in [-0.15, -0.1) is 0 Å². The Hall–Kier alpha value is -2.46. The van der Waals surface area contributed by atoms with E-state index in [9.17, 15) is 5.11 Å². The summed E-state index contributed by atoms with van der Waals surface area (Å²) in [5.74, 6) is 0. The highest BCUT2D eigenvalue weighted by Crippen LogP contribution is 2.40. The maximum Gasteiger partial charge on any atom is 0.143 e. The highest BCUT2D eigenvalue weighted by molar-refractivity contribution is 5.47. The van der Waals surface area contributed by atoms with Crippen molar-refractivity contribution < 1.29 is 14.6 Å². The Balaban J connectivity index is 1.44. The summed E-state index contributed by atoms with van der Waals surface area (Å²) in [5.41, 5.74) is 2.36. The minimum absolute atomic E-state index is 0.0719. The van der Waals surface area contributed by atoms with E-state index in [-0.39, 0.29) is 19.3 Å². The van der Waals surface area contributed by atoms with Crippen LogP contribution in [0.5, 0.6) is 0 Å². The summed E-state index contributed by atoms with van der Waals surface area (Å²) in [5, 5.41) is 10.3. The fourth-order valence-corrected chi connectivity index (χ4v) is 6.14. The topological polar surface area (TPSA) is 38.7 Å². The fourth-order valence-electron chi connectivity index (χ4n) is 6.14. The van der Waals surface area contributed by atoms with Crippen molar-refractivity contribution >= 4 is 0 Å². The van der Waals surface area contributed by atoms with Gasteiger partial charge in [0.05, 0.1) is 19.3 Å². The second kappa shape index (κ2) is 21.3. The third-order valence-corrected chi connectivity index (χ3v) is 8.62. The first-order valence-corrected chi connectivity index (χ1v) is 17.3. The van der Waals surface area contributed by atoms with E-state index >= 15 is 0 Å². The van der Waals surface area contributed by atoms with E-state index in [1.165, 1.54) is 89.9 Å². The zero-order valence-electron chi connectivity index (χ0n) is 27.1. The van der Waals surface area contributed by atoms with Crippen molar-refractivity contribution in [1.82, 2.24) is 0 Å². The van der Waals surface area contributed by atoms with Gasteiger partial charge in [0.2, 0.25) is 0 Å². The zero-order chi connectivity index (χ0) is 30.4. The molecule has 0 aliphatic carbocycles. The molecule has 3 rings (SSSR count). The molecule has 0 spiro atoms. The molecule has 1 N–H and O–H groups in total. The maximum atomic E-state index is 10.3. The van der Waals surface area contributed by atoms with Crippen LogP contribution < -0.4 is 0 Å². The Morgan fingerprint density at radius 3 is 1.30 bits per heavy atom. The Kier molecular flexibility index (Phi) is 17.3. The summed E-state index contributed by atoms with van der Waals surface area (Å²) in [4.78, 5) is 0. The van der Waals surface area contributed by atoms with Crippen LogP contribution >= 0.6 is 0 Å². The second-order valence-electron chi connectivity index (χ2n) is 12.2. The summed E-state index contributed by atoms with van der Waals surface area (Å²) < 4.78 is 13.2. The molecule has 0 amide bonds. The first-order chi connectivity index (χ1) is 21.2. The van der Waals surface area contributed by atoms with Gasteiger partial charge in [0.15, 0.2) is 0 Å². The quantitative estimate of drug-likeness (QED) is 0.0838. The van der Waals surface area contributed by atoms with Gasteiger partial charge < -0.3 is 14.6 Å². The van der Waals surface area contributed by atoms with Crippen LogP contribution in [0.15, 0.2) is 91.0 Å². The highest BCUT2D eigenvalue weighted by atomic mass is 16.6. The Bertz CT molecular complexity index is 956. The molecule has 0 heterocycles. The molecule has 0 bridgehead atoms. The van der Waals surface area contributed by atoms with Crippen LogP contribution in [0.3, 0.4) is 0 Å². The van der Waals surface area contributed by atoms with E-state index in [0.29, 0.717) is 0 Å². The molecule has 43 heavy (non-hydrogen) atoms. The van der Waals surface area contributed by atoms with Crippen LogP contribution in [0.2, 0.25) is 0 Å². The van der Waals surface area contributed by atoms with Crippen LogP contribution in [0.25, 0.3) is 0 Å². The largest absolute Gasteiger partial charge is 0.394 e. The lowest BCUT2D eigenvalue weighted by Crippen LogP contribution is -2.38. The standard InChI is InChI=1S/C40H58O3/c1-3-4-5-6-7-8-9-10-11-12-13-14-15-19-26-35(2)43-39(33-41)34-42-40(36-27-20-16-21-28-36,37-29-22-17-23-30-37)38-31-24-18-25-32-38/h16-18,20-25,27-32,35,39,41H,3-15,19,26,33-34H2,1-2H3. The van der Waals surface area contributed by atoms with Gasteiger partial charge in [-0.05, 0) is 30.0 Å². The van der Waals surface area contributed by atoms with Crippen molar-refractivity contribution in [2.45, 2.75) is 128 Å². The normalized spacial score (nSPS) is 13.2. The molecule has 0 fully saturated rings. The summed E-state index contributed by atoms with van der Waals surface area (Å²) in [6.45, 7) is 4.63. The molecule has 0 radical (unpaired) electrons.